The van der Waals surface area contributed by atoms with Gasteiger partial charge in [-0.15, -0.1) is 0 Å². The number of para-hydroxylation sites is 1. The number of anilines is 1. The smallest absolute Gasteiger partial charge is 0.0469 e. The van der Waals surface area contributed by atoms with Crippen LogP contribution in [0.5, 0.6) is 0 Å². The molecule has 1 aliphatic rings. The normalized spacial score (nSPS) is 15.3. The Balaban J connectivity index is 2.56. The van der Waals surface area contributed by atoms with Gasteiger partial charge in [0.05, 0.1) is 0 Å². The minimum absolute atomic E-state index is 1.16. The van der Waals surface area contributed by atoms with Gasteiger partial charge in [0.15, 0.2) is 0 Å². The maximum absolute atomic E-state index is 3.85. The van der Waals surface area contributed by atoms with Crippen molar-refractivity contribution in [3.63, 3.8) is 0 Å². The molecule has 0 bridgehead atoms. The predicted octanol–water partition coefficient (Wildman–Crippen LogP) is 2.71. The summed E-state index contributed by atoms with van der Waals surface area (Å²) >= 11 is 0. The average Bonchev–Trinajstić information content (AvgIpc) is 2.17. The fourth-order valence-electron chi connectivity index (χ4n) is 2.06. The van der Waals surface area contributed by atoms with E-state index in [1.165, 1.54) is 29.7 Å². The van der Waals surface area contributed by atoms with Gasteiger partial charge in [-0.05, 0) is 24.0 Å². The van der Waals surface area contributed by atoms with Crippen LogP contribution in [0.3, 0.4) is 0 Å². The standard InChI is InChI=1S/C12H15N/c1-3-10-6-4-7-11-8-5-9-13(2)12(10)11/h3-4,6-7H,1,5,8-9H2,2H3. The Labute approximate surface area is 79.7 Å². The summed E-state index contributed by atoms with van der Waals surface area (Å²) in [6.45, 7) is 5.01. The van der Waals surface area contributed by atoms with Crippen molar-refractivity contribution < 1.29 is 0 Å². The van der Waals surface area contributed by atoms with Crippen LogP contribution in [0.15, 0.2) is 24.8 Å². The van der Waals surface area contributed by atoms with E-state index in [0.717, 1.165) is 6.54 Å². The lowest BCUT2D eigenvalue weighted by Crippen LogP contribution is -2.25. The van der Waals surface area contributed by atoms with E-state index in [0.29, 0.717) is 0 Å². The molecule has 1 heteroatoms. The summed E-state index contributed by atoms with van der Waals surface area (Å²) in [7, 11) is 2.16. The molecule has 1 aromatic rings. The maximum atomic E-state index is 3.85. The van der Waals surface area contributed by atoms with Crippen LogP contribution in [0.2, 0.25) is 0 Å². The van der Waals surface area contributed by atoms with E-state index in [1.54, 1.807) is 0 Å². The van der Waals surface area contributed by atoms with Crippen molar-refractivity contribution in [2.45, 2.75) is 12.8 Å². The first-order valence-electron chi connectivity index (χ1n) is 4.78. The quantitative estimate of drug-likeness (QED) is 0.631. The summed E-state index contributed by atoms with van der Waals surface area (Å²) in [5.41, 5.74) is 4.11. The molecule has 0 saturated carbocycles. The van der Waals surface area contributed by atoms with Crippen molar-refractivity contribution in [1.82, 2.24) is 0 Å². The predicted molar refractivity (Wildman–Crippen MR) is 58.1 cm³/mol. The van der Waals surface area contributed by atoms with E-state index in [-0.39, 0.29) is 0 Å². The summed E-state index contributed by atoms with van der Waals surface area (Å²) < 4.78 is 0. The highest BCUT2D eigenvalue weighted by Gasteiger charge is 2.14. The van der Waals surface area contributed by atoms with Gasteiger partial charge in [-0.1, -0.05) is 30.9 Å². The van der Waals surface area contributed by atoms with E-state index in [4.69, 9.17) is 0 Å². The van der Waals surface area contributed by atoms with Crippen molar-refractivity contribution in [2.75, 3.05) is 18.5 Å². The van der Waals surface area contributed by atoms with E-state index in [9.17, 15) is 0 Å². The maximum Gasteiger partial charge on any atom is 0.0469 e. The molecule has 0 aromatic heterocycles. The molecule has 0 fully saturated rings. The van der Waals surface area contributed by atoms with Crippen LogP contribution in [0.25, 0.3) is 6.08 Å². The minimum Gasteiger partial charge on any atom is -0.374 e. The van der Waals surface area contributed by atoms with Gasteiger partial charge in [-0.25, -0.2) is 0 Å². The molecule has 0 amide bonds. The van der Waals surface area contributed by atoms with Crippen LogP contribution in [-0.4, -0.2) is 13.6 Å². The molecule has 0 saturated heterocycles. The molecule has 2 rings (SSSR count). The fraction of sp³-hybridized carbons (Fsp3) is 0.333. The molecule has 1 nitrogen and oxygen atoms in total. The molecule has 1 aliphatic heterocycles. The highest BCUT2D eigenvalue weighted by Crippen LogP contribution is 2.30. The molecule has 1 aromatic carbocycles. The molecule has 0 spiro atoms. The third-order valence-electron chi connectivity index (χ3n) is 2.69. The average molecular weight is 173 g/mol. The first kappa shape index (κ1) is 8.36. The number of aryl methyl sites for hydroxylation is 1. The lowest BCUT2D eigenvalue weighted by atomic mass is 9.98. The molecule has 0 atom stereocenters. The molecule has 68 valence electrons. The molecule has 13 heavy (non-hydrogen) atoms. The number of hydrogen-bond donors (Lipinski definition) is 0. The van der Waals surface area contributed by atoms with E-state index in [2.05, 4.69) is 36.7 Å². The number of hydrogen-bond acceptors (Lipinski definition) is 1. The Morgan fingerprint density at radius 3 is 3.08 bits per heavy atom. The molecular weight excluding hydrogens is 158 g/mol. The second kappa shape index (κ2) is 3.25. The zero-order valence-electron chi connectivity index (χ0n) is 8.09. The number of fused-ring (bicyclic) bond motifs is 1. The molecule has 0 N–H and O–H groups in total. The Morgan fingerprint density at radius 2 is 2.31 bits per heavy atom. The zero-order valence-corrected chi connectivity index (χ0v) is 8.09. The number of nitrogens with zero attached hydrogens (tertiary/aromatic N) is 1. The van der Waals surface area contributed by atoms with Gasteiger partial charge in [-0.3, -0.25) is 0 Å². The van der Waals surface area contributed by atoms with Crippen LogP contribution >= 0.6 is 0 Å². The monoisotopic (exact) mass is 173 g/mol. The third-order valence-corrected chi connectivity index (χ3v) is 2.69. The van der Waals surface area contributed by atoms with Gasteiger partial charge < -0.3 is 4.90 Å². The van der Waals surface area contributed by atoms with Crippen molar-refractivity contribution in [1.29, 1.82) is 0 Å². The van der Waals surface area contributed by atoms with E-state index < -0.39 is 0 Å². The van der Waals surface area contributed by atoms with Gasteiger partial charge >= 0.3 is 0 Å². The summed E-state index contributed by atoms with van der Waals surface area (Å²) in [5, 5.41) is 0. The number of rotatable bonds is 1. The third kappa shape index (κ3) is 1.35. The van der Waals surface area contributed by atoms with Gasteiger partial charge in [0.25, 0.3) is 0 Å². The van der Waals surface area contributed by atoms with Crippen LogP contribution in [0.4, 0.5) is 5.69 Å². The van der Waals surface area contributed by atoms with Gasteiger partial charge in [0.1, 0.15) is 0 Å². The Morgan fingerprint density at radius 1 is 1.46 bits per heavy atom. The van der Waals surface area contributed by atoms with Crippen LogP contribution in [-0.2, 0) is 6.42 Å². The Hall–Kier alpha value is -1.24. The largest absolute Gasteiger partial charge is 0.374 e. The second-order valence-corrected chi connectivity index (χ2v) is 3.58. The fourth-order valence-corrected chi connectivity index (χ4v) is 2.06. The minimum atomic E-state index is 1.16. The molecule has 0 radical (unpaired) electrons. The highest BCUT2D eigenvalue weighted by molar-refractivity contribution is 5.71. The van der Waals surface area contributed by atoms with Crippen LogP contribution in [0, 0.1) is 0 Å². The number of benzene rings is 1. The second-order valence-electron chi connectivity index (χ2n) is 3.58. The molecule has 0 aliphatic carbocycles. The van der Waals surface area contributed by atoms with Gasteiger partial charge in [-0.2, -0.15) is 0 Å². The Kier molecular flexibility index (Phi) is 2.09. The van der Waals surface area contributed by atoms with E-state index >= 15 is 0 Å². The van der Waals surface area contributed by atoms with Crippen molar-refractivity contribution in [3.05, 3.63) is 35.9 Å². The zero-order chi connectivity index (χ0) is 9.26. The van der Waals surface area contributed by atoms with Gasteiger partial charge in [0, 0.05) is 19.3 Å². The van der Waals surface area contributed by atoms with Crippen molar-refractivity contribution in [3.8, 4) is 0 Å². The SMILES string of the molecule is C=Cc1cccc2c1N(C)CCC2. The molecule has 0 unspecified atom stereocenters. The van der Waals surface area contributed by atoms with Crippen molar-refractivity contribution >= 4 is 11.8 Å². The van der Waals surface area contributed by atoms with Crippen LogP contribution < -0.4 is 4.90 Å². The lowest BCUT2D eigenvalue weighted by Gasteiger charge is -2.29. The van der Waals surface area contributed by atoms with Gasteiger partial charge in [0.2, 0.25) is 0 Å². The first-order chi connectivity index (χ1) is 6.33. The summed E-state index contributed by atoms with van der Waals surface area (Å²) in [6, 6.07) is 6.47. The lowest BCUT2D eigenvalue weighted by molar-refractivity contribution is 0.744. The summed E-state index contributed by atoms with van der Waals surface area (Å²) in [6.07, 6.45) is 4.42. The van der Waals surface area contributed by atoms with Crippen molar-refractivity contribution in [2.24, 2.45) is 0 Å². The first-order valence-corrected chi connectivity index (χ1v) is 4.78. The Bertz CT molecular complexity index is 328. The van der Waals surface area contributed by atoms with E-state index in [1.807, 2.05) is 6.08 Å². The van der Waals surface area contributed by atoms with Crippen LogP contribution in [0.1, 0.15) is 17.5 Å². The highest BCUT2D eigenvalue weighted by atomic mass is 15.1. The summed E-state index contributed by atoms with van der Waals surface area (Å²) in [4.78, 5) is 2.33. The topological polar surface area (TPSA) is 3.24 Å². The molecule has 1 heterocycles. The summed E-state index contributed by atoms with van der Waals surface area (Å²) in [5.74, 6) is 0. The molecular formula is C12H15N.